The molecule has 1 unspecified atom stereocenters. The summed E-state index contributed by atoms with van der Waals surface area (Å²) in [4.78, 5) is 0. The fraction of sp³-hybridized carbons (Fsp3) is 1.00. The Bertz CT molecular complexity index is 366. The SMILES string of the molecule is O=S(=O)(O)CCC1CCS(=O)(=O)C1. The maximum atomic E-state index is 11.0. The fourth-order valence-corrected chi connectivity index (χ4v) is 3.96. The van der Waals surface area contributed by atoms with Crippen molar-refractivity contribution in [1.29, 1.82) is 0 Å². The Balaban J connectivity index is 2.42. The highest BCUT2D eigenvalue weighted by molar-refractivity contribution is 7.91. The molecule has 0 aromatic carbocycles. The second-order valence-corrected chi connectivity index (χ2v) is 7.14. The van der Waals surface area contributed by atoms with E-state index in [2.05, 4.69) is 0 Å². The highest BCUT2D eigenvalue weighted by atomic mass is 32.2. The zero-order valence-corrected chi connectivity index (χ0v) is 8.64. The summed E-state index contributed by atoms with van der Waals surface area (Å²) in [5, 5.41) is 0. The van der Waals surface area contributed by atoms with Gasteiger partial charge >= 0.3 is 0 Å². The highest BCUT2D eigenvalue weighted by Gasteiger charge is 2.28. The van der Waals surface area contributed by atoms with Crippen LogP contribution in [0.1, 0.15) is 12.8 Å². The molecule has 0 aliphatic carbocycles. The van der Waals surface area contributed by atoms with Crippen LogP contribution in [0.4, 0.5) is 0 Å². The lowest BCUT2D eigenvalue weighted by molar-refractivity contribution is 0.470. The van der Waals surface area contributed by atoms with Gasteiger partial charge in [-0.15, -0.1) is 0 Å². The van der Waals surface area contributed by atoms with E-state index in [1.807, 2.05) is 0 Å². The molecule has 13 heavy (non-hydrogen) atoms. The molecular weight excluding hydrogens is 216 g/mol. The van der Waals surface area contributed by atoms with E-state index >= 15 is 0 Å². The van der Waals surface area contributed by atoms with Gasteiger partial charge in [0, 0.05) is 0 Å². The van der Waals surface area contributed by atoms with Gasteiger partial charge in [-0.25, -0.2) is 8.42 Å². The average molecular weight is 228 g/mol. The first kappa shape index (κ1) is 10.9. The van der Waals surface area contributed by atoms with Gasteiger partial charge in [-0.1, -0.05) is 0 Å². The Morgan fingerprint density at radius 3 is 2.38 bits per heavy atom. The Hall–Kier alpha value is -0.140. The summed E-state index contributed by atoms with van der Waals surface area (Å²) in [6, 6.07) is 0. The minimum Gasteiger partial charge on any atom is -0.286 e. The van der Waals surface area contributed by atoms with Gasteiger partial charge in [0.05, 0.1) is 17.3 Å². The van der Waals surface area contributed by atoms with Crippen molar-refractivity contribution in [2.45, 2.75) is 12.8 Å². The van der Waals surface area contributed by atoms with Gasteiger partial charge in [-0.2, -0.15) is 8.42 Å². The first-order chi connectivity index (χ1) is 5.79. The maximum Gasteiger partial charge on any atom is 0.264 e. The third-order valence-corrected chi connectivity index (χ3v) is 4.70. The molecule has 0 spiro atoms. The highest BCUT2D eigenvalue weighted by Crippen LogP contribution is 2.21. The van der Waals surface area contributed by atoms with Gasteiger partial charge in [-0.3, -0.25) is 4.55 Å². The van der Waals surface area contributed by atoms with Crippen LogP contribution in [0, 0.1) is 5.92 Å². The van der Waals surface area contributed by atoms with Crippen molar-refractivity contribution in [1.82, 2.24) is 0 Å². The fourth-order valence-electron chi connectivity index (χ4n) is 1.42. The zero-order valence-electron chi connectivity index (χ0n) is 7.01. The van der Waals surface area contributed by atoms with E-state index in [0.29, 0.717) is 6.42 Å². The second kappa shape index (κ2) is 3.55. The Kier molecular flexibility index (Phi) is 2.98. The number of hydrogen-bond donors (Lipinski definition) is 1. The first-order valence-electron chi connectivity index (χ1n) is 3.94. The third-order valence-electron chi connectivity index (χ3n) is 2.11. The van der Waals surface area contributed by atoms with Crippen LogP contribution < -0.4 is 0 Å². The van der Waals surface area contributed by atoms with Gasteiger partial charge in [0.25, 0.3) is 10.1 Å². The molecule has 0 bridgehead atoms. The van der Waals surface area contributed by atoms with E-state index in [9.17, 15) is 16.8 Å². The van der Waals surface area contributed by atoms with Crippen molar-refractivity contribution in [3.05, 3.63) is 0 Å². The molecule has 1 atom stereocenters. The van der Waals surface area contributed by atoms with Crippen molar-refractivity contribution in [2.24, 2.45) is 5.92 Å². The quantitative estimate of drug-likeness (QED) is 0.670. The van der Waals surface area contributed by atoms with Crippen LogP contribution in [0.25, 0.3) is 0 Å². The molecule has 7 heteroatoms. The van der Waals surface area contributed by atoms with E-state index in [0.717, 1.165) is 0 Å². The number of rotatable bonds is 3. The van der Waals surface area contributed by atoms with E-state index in [1.54, 1.807) is 0 Å². The lowest BCUT2D eigenvalue weighted by Gasteiger charge is -2.03. The molecule has 1 N–H and O–H groups in total. The van der Waals surface area contributed by atoms with Crippen LogP contribution >= 0.6 is 0 Å². The molecule has 0 amide bonds. The van der Waals surface area contributed by atoms with Crippen molar-refractivity contribution in [3.8, 4) is 0 Å². The van der Waals surface area contributed by atoms with Crippen LogP contribution in [0.2, 0.25) is 0 Å². The topological polar surface area (TPSA) is 88.5 Å². The van der Waals surface area contributed by atoms with Gasteiger partial charge < -0.3 is 0 Å². The summed E-state index contributed by atoms with van der Waals surface area (Å²) < 4.78 is 51.0. The molecule has 1 aliphatic heterocycles. The number of hydrogen-bond acceptors (Lipinski definition) is 4. The molecule has 0 aromatic rings. The minimum atomic E-state index is -3.94. The Labute approximate surface area is 77.8 Å². The summed E-state index contributed by atoms with van der Waals surface area (Å²) in [5.74, 6) is -0.245. The summed E-state index contributed by atoms with van der Waals surface area (Å²) in [6.45, 7) is 0. The molecular formula is C6H12O5S2. The lowest BCUT2D eigenvalue weighted by atomic mass is 10.1. The molecule has 1 aliphatic rings. The molecule has 78 valence electrons. The molecule has 1 fully saturated rings. The van der Waals surface area contributed by atoms with Crippen molar-refractivity contribution in [3.63, 3.8) is 0 Å². The van der Waals surface area contributed by atoms with Gasteiger partial charge in [0.15, 0.2) is 9.84 Å². The van der Waals surface area contributed by atoms with Crippen LogP contribution in [0.5, 0.6) is 0 Å². The van der Waals surface area contributed by atoms with Gasteiger partial charge in [0.1, 0.15) is 0 Å². The predicted molar refractivity (Wildman–Crippen MR) is 47.8 cm³/mol. The summed E-state index contributed by atoms with van der Waals surface area (Å²) in [7, 11) is -6.88. The van der Waals surface area contributed by atoms with Crippen molar-refractivity contribution in [2.75, 3.05) is 17.3 Å². The van der Waals surface area contributed by atoms with Crippen LogP contribution in [0.3, 0.4) is 0 Å². The lowest BCUT2D eigenvalue weighted by Crippen LogP contribution is -2.11. The Morgan fingerprint density at radius 1 is 1.38 bits per heavy atom. The van der Waals surface area contributed by atoms with Crippen LogP contribution in [-0.2, 0) is 20.0 Å². The molecule has 5 nitrogen and oxygen atoms in total. The van der Waals surface area contributed by atoms with Crippen molar-refractivity contribution >= 4 is 20.0 Å². The van der Waals surface area contributed by atoms with Gasteiger partial charge in [-0.05, 0) is 18.8 Å². The predicted octanol–water partition coefficient (Wildman–Crippen LogP) is -0.301. The minimum absolute atomic E-state index is 0.0581. The normalized spacial score (nSPS) is 27.6. The summed E-state index contributed by atoms with van der Waals surface area (Å²) in [6.07, 6.45) is 0.746. The molecule has 1 heterocycles. The number of sulfone groups is 1. The standard InChI is InChI=1S/C6H12O5S2/c7-12(8)3-1-6(5-12)2-4-13(9,10)11/h6H,1-5H2,(H,9,10,11). The Morgan fingerprint density at radius 2 is 2.00 bits per heavy atom. The molecule has 1 saturated heterocycles. The van der Waals surface area contributed by atoms with E-state index in [4.69, 9.17) is 4.55 Å². The summed E-state index contributed by atoms with van der Waals surface area (Å²) >= 11 is 0. The van der Waals surface area contributed by atoms with E-state index in [1.165, 1.54) is 0 Å². The second-order valence-electron chi connectivity index (χ2n) is 3.34. The molecule has 1 rings (SSSR count). The van der Waals surface area contributed by atoms with E-state index in [-0.39, 0.29) is 29.6 Å². The average Bonchev–Trinajstić information content (AvgIpc) is 2.24. The first-order valence-corrected chi connectivity index (χ1v) is 7.37. The third kappa shape index (κ3) is 4.06. The van der Waals surface area contributed by atoms with Crippen LogP contribution in [0.15, 0.2) is 0 Å². The largest absolute Gasteiger partial charge is 0.286 e. The van der Waals surface area contributed by atoms with E-state index < -0.39 is 20.0 Å². The molecule has 0 radical (unpaired) electrons. The smallest absolute Gasteiger partial charge is 0.264 e. The zero-order chi connectivity index (χ0) is 10.1. The summed E-state index contributed by atoms with van der Waals surface area (Å²) in [5.41, 5.74) is 0. The van der Waals surface area contributed by atoms with Crippen molar-refractivity contribution < 1.29 is 21.4 Å². The van der Waals surface area contributed by atoms with Gasteiger partial charge in [0.2, 0.25) is 0 Å². The monoisotopic (exact) mass is 228 g/mol. The maximum absolute atomic E-state index is 11.0. The molecule has 0 saturated carbocycles. The van der Waals surface area contributed by atoms with Crippen LogP contribution in [-0.4, -0.2) is 38.6 Å². The molecule has 0 aromatic heterocycles.